The fourth-order valence-corrected chi connectivity index (χ4v) is 3.42. The lowest BCUT2D eigenvalue weighted by atomic mass is 9.72. The Morgan fingerprint density at radius 3 is 2.29 bits per heavy atom. The summed E-state index contributed by atoms with van der Waals surface area (Å²) in [6.45, 7) is 0. The van der Waals surface area contributed by atoms with Crippen LogP contribution in [0.15, 0.2) is 42.5 Å². The molecule has 3 nitrogen and oxygen atoms in total. The van der Waals surface area contributed by atoms with Gasteiger partial charge in [0.05, 0.1) is 25.3 Å². The molecule has 1 aliphatic rings. The smallest absolute Gasteiger partial charge is 0.127 e. The third kappa shape index (κ3) is 2.18. The van der Waals surface area contributed by atoms with Gasteiger partial charge in [-0.15, -0.1) is 0 Å². The molecule has 110 valence electrons. The summed E-state index contributed by atoms with van der Waals surface area (Å²) in [6, 6.07) is 14.2. The molecule has 2 aromatic rings. The largest absolute Gasteiger partial charge is 0.496 e. The maximum atomic E-state index is 6.88. The number of fused-ring (bicyclic) bond motifs is 1. The van der Waals surface area contributed by atoms with Crippen LogP contribution in [0, 0.1) is 0 Å². The monoisotopic (exact) mass is 283 g/mol. The van der Waals surface area contributed by atoms with Crippen molar-refractivity contribution in [2.45, 2.75) is 24.8 Å². The number of methoxy groups -OCH3 is 2. The minimum Gasteiger partial charge on any atom is -0.496 e. The molecular formula is C18H21NO2. The molecule has 2 aromatic carbocycles. The second-order valence-electron chi connectivity index (χ2n) is 5.52. The van der Waals surface area contributed by atoms with Crippen LogP contribution in [-0.4, -0.2) is 14.2 Å². The lowest BCUT2D eigenvalue weighted by Gasteiger charge is -2.37. The van der Waals surface area contributed by atoms with Gasteiger partial charge in [-0.2, -0.15) is 0 Å². The topological polar surface area (TPSA) is 44.5 Å². The van der Waals surface area contributed by atoms with Gasteiger partial charge >= 0.3 is 0 Å². The van der Waals surface area contributed by atoms with Gasteiger partial charge in [0.25, 0.3) is 0 Å². The van der Waals surface area contributed by atoms with Gasteiger partial charge in [0, 0.05) is 0 Å². The number of aryl methyl sites for hydroxylation is 1. The summed E-state index contributed by atoms with van der Waals surface area (Å²) in [4.78, 5) is 0. The molecule has 0 saturated heterocycles. The standard InChI is InChI=1S/C18H21NO2/c1-20-15-10-5-11-16(21-2)17(15)18(19)12-6-8-13-7-3-4-9-14(13)18/h3-5,7,9-11H,6,8,12,19H2,1-2H3. The summed E-state index contributed by atoms with van der Waals surface area (Å²) in [7, 11) is 3.35. The van der Waals surface area contributed by atoms with Gasteiger partial charge in [0.1, 0.15) is 11.5 Å². The van der Waals surface area contributed by atoms with Crippen molar-refractivity contribution in [3.8, 4) is 11.5 Å². The number of ether oxygens (including phenoxy) is 2. The minimum atomic E-state index is -0.563. The molecule has 21 heavy (non-hydrogen) atoms. The van der Waals surface area contributed by atoms with Crippen LogP contribution in [0.2, 0.25) is 0 Å². The van der Waals surface area contributed by atoms with E-state index >= 15 is 0 Å². The van der Waals surface area contributed by atoms with Gasteiger partial charge in [-0.3, -0.25) is 0 Å². The highest BCUT2D eigenvalue weighted by Gasteiger charge is 2.38. The normalized spacial score (nSPS) is 20.7. The Hall–Kier alpha value is -2.00. The second-order valence-corrected chi connectivity index (χ2v) is 5.52. The van der Waals surface area contributed by atoms with Gasteiger partial charge in [-0.05, 0) is 42.5 Å². The van der Waals surface area contributed by atoms with Crippen LogP contribution < -0.4 is 15.2 Å². The molecule has 0 heterocycles. The fourth-order valence-electron chi connectivity index (χ4n) is 3.42. The predicted molar refractivity (Wildman–Crippen MR) is 83.9 cm³/mol. The molecule has 0 amide bonds. The summed E-state index contributed by atoms with van der Waals surface area (Å²) >= 11 is 0. The van der Waals surface area contributed by atoms with E-state index in [0.717, 1.165) is 36.3 Å². The molecule has 0 fully saturated rings. The van der Waals surface area contributed by atoms with E-state index in [2.05, 4.69) is 18.2 Å². The fraction of sp³-hybridized carbons (Fsp3) is 0.333. The highest BCUT2D eigenvalue weighted by Crippen LogP contribution is 2.46. The zero-order valence-corrected chi connectivity index (χ0v) is 12.6. The second kappa shape index (κ2) is 5.41. The number of nitrogens with two attached hydrogens (primary N) is 1. The molecule has 1 aliphatic carbocycles. The van der Waals surface area contributed by atoms with Crippen LogP contribution in [-0.2, 0) is 12.0 Å². The van der Waals surface area contributed by atoms with Crippen molar-refractivity contribution in [3.05, 3.63) is 59.2 Å². The molecule has 0 radical (unpaired) electrons. The maximum Gasteiger partial charge on any atom is 0.127 e. The van der Waals surface area contributed by atoms with Crippen molar-refractivity contribution in [1.29, 1.82) is 0 Å². The minimum absolute atomic E-state index is 0.563. The molecule has 1 atom stereocenters. The Morgan fingerprint density at radius 1 is 0.952 bits per heavy atom. The summed E-state index contributed by atoms with van der Waals surface area (Å²) < 4.78 is 11.1. The van der Waals surface area contributed by atoms with Gasteiger partial charge in [-0.25, -0.2) is 0 Å². The van der Waals surface area contributed by atoms with Gasteiger partial charge in [-0.1, -0.05) is 30.3 Å². The molecule has 0 aliphatic heterocycles. The first-order valence-electron chi connectivity index (χ1n) is 7.29. The Morgan fingerprint density at radius 2 is 1.62 bits per heavy atom. The quantitative estimate of drug-likeness (QED) is 0.940. The third-order valence-corrected chi connectivity index (χ3v) is 4.39. The molecule has 2 N–H and O–H groups in total. The van der Waals surface area contributed by atoms with E-state index in [1.807, 2.05) is 24.3 Å². The molecule has 0 saturated carbocycles. The van der Waals surface area contributed by atoms with E-state index in [1.165, 1.54) is 11.1 Å². The van der Waals surface area contributed by atoms with E-state index in [9.17, 15) is 0 Å². The zero-order chi connectivity index (χ0) is 14.9. The van der Waals surface area contributed by atoms with Crippen molar-refractivity contribution >= 4 is 0 Å². The first kappa shape index (κ1) is 14.0. The number of hydrogen-bond acceptors (Lipinski definition) is 3. The number of benzene rings is 2. The molecule has 3 rings (SSSR count). The lowest BCUT2D eigenvalue weighted by molar-refractivity contribution is 0.348. The maximum absolute atomic E-state index is 6.88. The Labute approximate surface area is 125 Å². The van der Waals surface area contributed by atoms with Crippen molar-refractivity contribution in [2.75, 3.05) is 14.2 Å². The van der Waals surface area contributed by atoms with Crippen molar-refractivity contribution in [3.63, 3.8) is 0 Å². The van der Waals surface area contributed by atoms with E-state index < -0.39 is 5.54 Å². The number of hydrogen-bond donors (Lipinski definition) is 1. The molecule has 1 unspecified atom stereocenters. The van der Waals surface area contributed by atoms with Crippen LogP contribution in [0.3, 0.4) is 0 Å². The first-order chi connectivity index (χ1) is 10.2. The van der Waals surface area contributed by atoms with Crippen molar-refractivity contribution < 1.29 is 9.47 Å². The third-order valence-electron chi connectivity index (χ3n) is 4.39. The van der Waals surface area contributed by atoms with E-state index in [4.69, 9.17) is 15.2 Å². The summed E-state index contributed by atoms with van der Waals surface area (Å²) in [5.74, 6) is 1.57. The Kier molecular flexibility index (Phi) is 3.60. The Balaban J connectivity index is 2.25. The van der Waals surface area contributed by atoms with Crippen LogP contribution in [0.25, 0.3) is 0 Å². The average Bonchev–Trinajstić information content (AvgIpc) is 2.54. The first-order valence-corrected chi connectivity index (χ1v) is 7.29. The van der Waals surface area contributed by atoms with Crippen molar-refractivity contribution in [1.82, 2.24) is 0 Å². The zero-order valence-electron chi connectivity index (χ0n) is 12.6. The van der Waals surface area contributed by atoms with Crippen LogP contribution in [0.4, 0.5) is 0 Å². The molecular weight excluding hydrogens is 262 g/mol. The average molecular weight is 283 g/mol. The summed E-state index contributed by atoms with van der Waals surface area (Å²) in [6.07, 6.45) is 3.03. The van der Waals surface area contributed by atoms with Gasteiger partial charge in [0.15, 0.2) is 0 Å². The summed E-state index contributed by atoms with van der Waals surface area (Å²) in [5, 5.41) is 0. The van der Waals surface area contributed by atoms with Crippen LogP contribution >= 0.6 is 0 Å². The van der Waals surface area contributed by atoms with Crippen LogP contribution in [0.1, 0.15) is 29.5 Å². The van der Waals surface area contributed by atoms with E-state index in [1.54, 1.807) is 14.2 Å². The van der Waals surface area contributed by atoms with E-state index in [-0.39, 0.29) is 0 Å². The Bertz CT molecular complexity index is 631. The molecule has 0 bridgehead atoms. The molecule has 3 heteroatoms. The molecule has 0 aromatic heterocycles. The molecule has 0 spiro atoms. The lowest BCUT2D eigenvalue weighted by Crippen LogP contribution is -2.41. The summed E-state index contributed by atoms with van der Waals surface area (Å²) in [5.41, 5.74) is 9.77. The van der Waals surface area contributed by atoms with Crippen molar-refractivity contribution in [2.24, 2.45) is 5.73 Å². The highest BCUT2D eigenvalue weighted by atomic mass is 16.5. The number of rotatable bonds is 3. The van der Waals surface area contributed by atoms with Gasteiger partial charge < -0.3 is 15.2 Å². The SMILES string of the molecule is COc1cccc(OC)c1C1(N)CCCc2ccccc21. The highest BCUT2D eigenvalue weighted by molar-refractivity contribution is 5.56. The predicted octanol–water partition coefficient (Wildman–Crippen LogP) is 3.24. The van der Waals surface area contributed by atoms with E-state index in [0.29, 0.717) is 0 Å². The van der Waals surface area contributed by atoms with Gasteiger partial charge in [0.2, 0.25) is 0 Å². The van der Waals surface area contributed by atoms with Crippen LogP contribution in [0.5, 0.6) is 11.5 Å².